The molecule has 0 saturated heterocycles. The number of ether oxygens (including phenoxy) is 1. The first kappa shape index (κ1) is 26.6. The number of rotatable bonds is 9. The predicted molar refractivity (Wildman–Crippen MR) is 150 cm³/mol. The minimum atomic E-state index is -0.945. The van der Waals surface area contributed by atoms with Crippen LogP contribution in [-0.4, -0.2) is 23.5 Å². The van der Waals surface area contributed by atoms with E-state index in [-0.39, 0.29) is 40.9 Å². The number of halogens is 3. The van der Waals surface area contributed by atoms with Gasteiger partial charge in [0, 0.05) is 21.9 Å². The van der Waals surface area contributed by atoms with Gasteiger partial charge in [0.15, 0.2) is 5.78 Å². The highest BCUT2D eigenvalue weighted by molar-refractivity contribution is 6.37. The number of carbonyl (C=O) groups excluding carboxylic acids is 1. The van der Waals surface area contributed by atoms with E-state index in [0.717, 1.165) is 30.4 Å². The van der Waals surface area contributed by atoms with Crippen molar-refractivity contribution >= 4 is 52.3 Å². The first-order valence-corrected chi connectivity index (χ1v) is 13.5. The van der Waals surface area contributed by atoms with Crippen LogP contribution in [0.25, 0.3) is 5.70 Å². The van der Waals surface area contributed by atoms with Crippen LogP contribution in [0, 0.1) is 5.92 Å². The third-order valence-corrected chi connectivity index (χ3v) is 8.46. The van der Waals surface area contributed by atoms with E-state index < -0.39 is 5.97 Å². The smallest absolute Gasteiger partial charge is 0.335 e. The molecule has 2 atom stereocenters. The number of hydrogen-bond donors (Lipinski definition) is 2. The minimum absolute atomic E-state index is 0.0414. The zero-order valence-electron chi connectivity index (χ0n) is 20.6. The van der Waals surface area contributed by atoms with Crippen molar-refractivity contribution in [3.8, 4) is 5.75 Å². The molecule has 8 heteroatoms. The van der Waals surface area contributed by atoms with Gasteiger partial charge in [-0.3, -0.25) is 4.79 Å². The largest absolute Gasteiger partial charge is 0.489 e. The maximum absolute atomic E-state index is 13.1. The number of aromatic carboxylic acids is 1. The van der Waals surface area contributed by atoms with Crippen LogP contribution in [0.4, 0.5) is 0 Å². The van der Waals surface area contributed by atoms with Crippen LogP contribution in [0.5, 0.6) is 5.75 Å². The van der Waals surface area contributed by atoms with E-state index in [9.17, 15) is 14.7 Å². The Bertz CT molecular complexity index is 1460. The fraction of sp³-hybridized carbons (Fsp3) is 0.267. The fourth-order valence-corrected chi connectivity index (χ4v) is 6.01. The Morgan fingerprint density at radius 1 is 1.00 bits per heavy atom. The number of carboxylic acids is 1. The SMILES string of the molecule is CC1(c2ccc(OCC(C(=O)C3CC3)=C(N)c3c(Cl)cccc3Cl)cc2Cl)CC1c1cccc(C(=O)O)c1. The Labute approximate surface area is 236 Å². The average Bonchev–Trinajstić information content (AvgIpc) is 3.80. The molecule has 38 heavy (non-hydrogen) atoms. The topological polar surface area (TPSA) is 89.6 Å². The van der Waals surface area contributed by atoms with Crippen molar-refractivity contribution < 1.29 is 19.4 Å². The van der Waals surface area contributed by atoms with Gasteiger partial charge in [-0.1, -0.05) is 66.0 Å². The fourth-order valence-electron chi connectivity index (χ4n) is 5.02. The summed E-state index contributed by atoms with van der Waals surface area (Å²) in [5, 5.41) is 10.6. The molecule has 2 aliphatic carbocycles. The van der Waals surface area contributed by atoms with E-state index in [1.807, 2.05) is 18.2 Å². The summed E-state index contributed by atoms with van der Waals surface area (Å²) < 4.78 is 6.02. The third kappa shape index (κ3) is 5.15. The van der Waals surface area contributed by atoms with Crippen molar-refractivity contribution in [3.63, 3.8) is 0 Å². The lowest BCUT2D eigenvalue weighted by Crippen LogP contribution is -2.18. The molecular formula is C30H26Cl3NO4. The van der Waals surface area contributed by atoms with Crippen LogP contribution >= 0.6 is 34.8 Å². The van der Waals surface area contributed by atoms with Crippen LogP contribution in [0.1, 0.15) is 59.2 Å². The summed E-state index contributed by atoms with van der Waals surface area (Å²) in [6.07, 6.45) is 2.50. The van der Waals surface area contributed by atoms with Gasteiger partial charge in [-0.2, -0.15) is 0 Å². The Balaban J connectivity index is 1.37. The first-order valence-electron chi connectivity index (χ1n) is 12.3. The van der Waals surface area contributed by atoms with Gasteiger partial charge in [0.1, 0.15) is 12.4 Å². The minimum Gasteiger partial charge on any atom is -0.489 e. The molecular weight excluding hydrogens is 545 g/mol. The van der Waals surface area contributed by atoms with Crippen LogP contribution in [0.3, 0.4) is 0 Å². The molecule has 5 rings (SSSR count). The maximum Gasteiger partial charge on any atom is 0.335 e. The van der Waals surface area contributed by atoms with Crippen molar-refractivity contribution in [1.82, 2.24) is 0 Å². The lowest BCUT2D eigenvalue weighted by atomic mass is 9.92. The lowest BCUT2D eigenvalue weighted by Gasteiger charge is -2.17. The van der Waals surface area contributed by atoms with E-state index in [1.165, 1.54) is 0 Å². The Hall–Kier alpha value is -2.99. The van der Waals surface area contributed by atoms with E-state index in [0.29, 0.717) is 32.0 Å². The number of nitrogens with two attached hydrogens (primary N) is 1. The summed E-state index contributed by atoms with van der Waals surface area (Å²) in [7, 11) is 0. The number of benzene rings is 3. The summed E-state index contributed by atoms with van der Waals surface area (Å²) in [5.41, 5.74) is 9.42. The molecule has 2 saturated carbocycles. The van der Waals surface area contributed by atoms with Crippen molar-refractivity contribution in [2.75, 3.05) is 6.61 Å². The number of Topliss-reactive ketones (excluding diaryl/α,β-unsaturated/α-hetero) is 1. The van der Waals surface area contributed by atoms with Gasteiger partial charge in [-0.15, -0.1) is 0 Å². The molecule has 0 aliphatic heterocycles. The summed E-state index contributed by atoms with van der Waals surface area (Å²) in [6.45, 7) is 2.08. The van der Waals surface area contributed by atoms with Gasteiger partial charge in [0.05, 0.1) is 26.9 Å². The molecule has 0 bridgehead atoms. The maximum atomic E-state index is 13.1. The summed E-state index contributed by atoms with van der Waals surface area (Å²) in [6, 6.07) is 17.6. The van der Waals surface area contributed by atoms with Crippen LogP contribution < -0.4 is 10.5 Å². The van der Waals surface area contributed by atoms with E-state index in [2.05, 4.69) is 6.92 Å². The number of carbonyl (C=O) groups is 2. The molecule has 0 amide bonds. The van der Waals surface area contributed by atoms with Gasteiger partial charge in [0.2, 0.25) is 0 Å². The lowest BCUT2D eigenvalue weighted by molar-refractivity contribution is -0.116. The number of hydrogen-bond acceptors (Lipinski definition) is 4. The molecule has 0 radical (unpaired) electrons. The molecule has 0 heterocycles. The van der Waals surface area contributed by atoms with Gasteiger partial charge in [-0.25, -0.2) is 4.79 Å². The highest BCUT2D eigenvalue weighted by Gasteiger charge is 2.53. The Morgan fingerprint density at radius 3 is 2.32 bits per heavy atom. The first-order chi connectivity index (χ1) is 18.1. The quantitative estimate of drug-likeness (QED) is 0.260. The summed E-state index contributed by atoms with van der Waals surface area (Å²) >= 11 is 19.4. The zero-order valence-corrected chi connectivity index (χ0v) is 22.9. The van der Waals surface area contributed by atoms with Crippen molar-refractivity contribution in [2.45, 2.75) is 37.5 Å². The zero-order chi connectivity index (χ0) is 27.2. The summed E-state index contributed by atoms with van der Waals surface area (Å²) in [4.78, 5) is 24.5. The van der Waals surface area contributed by atoms with Gasteiger partial charge in [-0.05, 0) is 72.7 Å². The molecule has 3 N–H and O–H groups in total. The van der Waals surface area contributed by atoms with E-state index in [4.69, 9.17) is 45.3 Å². The molecule has 3 aromatic rings. The van der Waals surface area contributed by atoms with E-state index >= 15 is 0 Å². The Morgan fingerprint density at radius 2 is 1.68 bits per heavy atom. The molecule has 196 valence electrons. The van der Waals surface area contributed by atoms with Crippen molar-refractivity contribution in [3.05, 3.63) is 104 Å². The van der Waals surface area contributed by atoms with Crippen LogP contribution in [0.15, 0.2) is 66.2 Å². The van der Waals surface area contributed by atoms with Crippen molar-refractivity contribution in [1.29, 1.82) is 0 Å². The molecule has 0 spiro atoms. The van der Waals surface area contributed by atoms with Gasteiger partial charge < -0.3 is 15.6 Å². The molecule has 0 aromatic heterocycles. The predicted octanol–water partition coefficient (Wildman–Crippen LogP) is 7.52. The Kier molecular flexibility index (Phi) is 7.21. The molecule has 2 fully saturated rings. The highest BCUT2D eigenvalue weighted by Crippen LogP contribution is 2.61. The molecule has 3 aromatic carbocycles. The average molecular weight is 571 g/mol. The number of ketones is 1. The molecule has 5 nitrogen and oxygen atoms in total. The van der Waals surface area contributed by atoms with Crippen LogP contribution in [-0.2, 0) is 10.2 Å². The van der Waals surface area contributed by atoms with Crippen molar-refractivity contribution in [2.24, 2.45) is 11.7 Å². The van der Waals surface area contributed by atoms with E-state index in [1.54, 1.807) is 42.5 Å². The van der Waals surface area contributed by atoms with Crippen LogP contribution in [0.2, 0.25) is 15.1 Å². The summed E-state index contributed by atoms with van der Waals surface area (Å²) in [5.74, 6) is -0.396. The molecule has 2 aliphatic rings. The normalized spacial score (nSPS) is 21.0. The molecule has 2 unspecified atom stereocenters. The monoisotopic (exact) mass is 569 g/mol. The second kappa shape index (κ2) is 10.3. The van der Waals surface area contributed by atoms with Gasteiger partial charge >= 0.3 is 5.97 Å². The highest BCUT2D eigenvalue weighted by atomic mass is 35.5. The second-order valence-corrected chi connectivity index (χ2v) is 11.4. The van der Waals surface area contributed by atoms with Gasteiger partial charge in [0.25, 0.3) is 0 Å². The number of carboxylic acid groups (broad SMARTS) is 1. The second-order valence-electron chi connectivity index (χ2n) is 10.2. The third-order valence-electron chi connectivity index (χ3n) is 7.51. The standard InChI is InChI=1S/C30H26Cl3NO4/c1-30(14-22(30)17-4-2-5-18(12-17)29(36)37)21-11-10-19(13-25(21)33)38-15-20(28(35)16-8-9-16)27(34)26-23(31)6-3-7-24(26)32/h2-7,10-13,16,22H,8-9,14-15,34H2,1H3,(H,36,37).